The number of anilines is 4. The summed E-state index contributed by atoms with van der Waals surface area (Å²) in [5.74, 6) is 4.70. The number of thioether (sulfide) groups is 2. The molecule has 0 aliphatic carbocycles. The van der Waals surface area contributed by atoms with Crippen LogP contribution in [0.4, 0.5) is 27.5 Å². The van der Waals surface area contributed by atoms with Crippen molar-refractivity contribution in [2.75, 3.05) is 95.2 Å². The summed E-state index contributed by atoms with van der Waals surface area (Å²) < 4.78 is 7.12. The first kappa shape index (κ1) is 79.7. The van der Waals surface area contributed by atoms with Crippen LogP contribution in [-0.4, -0.2) is 192 Å². The van der Waals surface area contributed by atoms with E-state index >= 15 is 0 Å². The summed E-state index contributed by atoms with van der Waals surface area (Å²) in [6, 6.07) is 19.5. The third kappa shape index (κ3) is 19.5. The molecule has 28 heteroatoms. The lowest BCUT2D eigenvalue weighted by Crippen LogP contribution is -2.59. The molecule has 550 valence electrons. The number of piperidine rings is 1. The summed E-state index contributed by atoms with van der Waals surface area (Å²) in [4.78, 5) is 108. The van der Waals surface area contributed by atoms with Crippen molar-refractivity contribution in [2.24, 2.45) is 0 Å². The van der Waals surface area contributed by atoms with Gasteiger partial charge in [-0.25, -0.2) is 30.2 Å². The monoisotopic (exact) mass is 1420 g/mol. The van der Waals surface area contributed by atoms with Gasteiger partial charge in [0, 0.05) is 134 Å². The molecule has 8 aliphatic heterocycles. The number of aromatic nitrogens is 6. The largest absolute Gasteiger partial charge is 0.384 e. The normalized spacial score (nSPS) is 23.3. The molecule has 0 bridgehead atoms. The number of nitrogens with zero attached hydrogens (tertiary/aromatic N) is 11. The van der Waals surface area contributed by atoms with Crippen LogP contribution in [0.3, 0.4) is 0 Å². The van der Waals surface area contributed by atoms with E-state index in [-0.39, 0.29) is 64.4 Å². The van der Waals surface area contributed by atoms with Gasteiger partial charge >= 0.3 is 6.03 Å². The number of benzene rings is 1. The molecule has 0 spiro atoms. The van der Waals surface area contributed by atoms with Crippen molar-refractivity contribution in [1.82, 2.24) is 69.1 Å². The highest BCUT2D eigenvalue weighted by atomic mass is 32.2. The first-order valence-corrected chi connectivity index (χ1v) is 37.8. The molecule has 9 atom stereocenters. The van der Waals surface area contributed by atoms with Crippen molar-refractivity contribution in [3.63, 3.8) is 0 Å². The number of aryl methyl sites for hydroxylation is 2. The van der Waals surface area contributed by atoms with Crippen LogP contribution in [0.1, 0.15) is 167 Å². The minimum atomic E-state index is -0.124. The zero-order chi connectivity index (χ0) is 72.9. The number of nitrogens with one attached hydrogen (secondary N) is 7. The number of likely N-dealkylation sites (N-methyl/N-ethyl adjacent to an activating group) is 2. The van der Waals surface area contributed by atoms with Gasteiger partial charge < -0.3 is 50.8 Å². The van der Waals surface area contributed by atoms with E-state index in [9.17, 15) is 38.4 Å². The van der Waals surface area contributed by atoms with Crippen molar-refractivity contribution in [3.05, 3.63) is 138 Å². The molecule has 12 heterocycles. The number of urea groups is 1. The predicted octanol–water partition coefficient (Wildman–Crippen LogP) is 7.83. The van der Waals surface area contributed by atoms with Crippen molar-refractivity contribution in [1.29, 1.82) is 0 Å². The van der Waals surface area contributed by atoms with Crippen LogP contribution in [0.25, 0.3) is 0 Å². The number of pyridine rings is 2. The van der Waals surface area contributed by atoms with E-state index < -0.39 is 0 Å². The van der Waals surface area contributed by atoms with E-state index in [0.29, 0.717) is 89.5 Å². The number of hydrazine groups is 2. The fourth-order valence-electron chi connectivity index (χ4n) is 13.8. The van der Waals surface area contributed by atoms with E-state index in [0.717, 1.165) is 106 Å². The van der Waals surface area contributed by atoms with Crippen molar-refractivity contribution in [3.8, 4) is 0 Å². The van der Waals surface area contributed by atoms with Crippen LogP contribution < -0.4 is 59.6 Å². The summed E-state index contributed by atoms with van der Waals surface area (Å²) in [5.41, 5.74) is 7.76. The maximum absolute atomic E-state index is 12.2. The number of carbonyl (C=O) groups excluding carboxylic acids is 4. The van der Waals surface area contributed by atoms with E-state index in [4.69, 9.17) is 0 Å². The molecule has 5 aromatic rings. The van der Waals surface area contributed by atoms with Gasteiger partial charge in [-0.15, -0.1) is 23.5 Å². The predicted molar refractivity (Wildman–Crippen MR) is 404 cm³/mol. The quantitative estimate of drug-likeness (QED) is 0.0663. The Balaban J connectivity index is 0.000000164. The second-order valence-corrected chi connectivity index (χ2v) is 29.0. The number of fused-ring (bicyclic) bond motifs is 5. The highest BCUT2D eigenvalue weighted by Crippen LogP contribution is 2.37. The highest BCUT2D eigenvalue weighted by Gasteiger charge is 2.43. The molecular formula is C72H112N18O8S2. The molecule has 4 aromatic heterocycles. The average molecular weight is 1420 g/mol. The first-order valence-electron chi connectivity index (χ1n) is 35.7. The van der Waals surface area contributed by atoms with Gasteiger partial charge in [-0.2, -0.15) is 0 Å². The van der Waals surface area contributed by atoms with Crippen LogP contribution in [0.15, 0.2) is 92.4 Å². The van der Waals surface area contributed by atoms with Crippen molar-refractivity contribution < 1.29 is 19.2 Å². The first-order chi connectivity index (χ1) is 48.0. The number of rotatable bonds is 11. The van der Waals surface area contributed by atoms with Crippen LogP contribution in [0.2, 0.25) is 0 Å². The van der Waals surface area contributed by atoms with Gasteiger partial charge in [-0.05, 0) is 164 Å². The van der Waals surface area contributed by atoms with Gasteiger partial charge in [-0.3, -0.25) is 47.7 Å². The Morgan fingerprint density at radius 2 is 1.07 bits per heavy atom. The molecular weight excluding hydrogens is 1310 g/mol. The Kier molecular flexibility index (Phi) is 30.6. The Labute approximate surface area is 598 Å². The molecule has 3 unspecified atom stereocenters. The Morgan fingerprint density at radius 3 is 1.63 bits per heavy atom. The average Bonchev–Trinajstić information content (AvgIpc) is 1.34. The molecule has 6 fully saturated rings. The molecule has 26 nitrogen and oxygen atoms in total. The fraction of sp³-hybridized carbons (Fsp3) is 0.611. The standard InChI is InChI=1S/C15H18N2O.C10H18N4O2.C10H15N3O.C10H18N2OS.C9H13N3O.C9H16N2OS.C9H14N2O/c1-3-17-13(9-10-14(16-2)15(17)18)11-12-7-5-4-6-8-12;1-8-4-3-6-13-9(15)5-7-12(11-2)10(16)14(8)13;1-7-4-3-5-9-12-6-8(11-2)10(14)13(7)9;1-7-6-14-9-5-3-4-8(11-2)10(13)12(7)9;1-6-3-4-8-11-5-7(10-2)9(13)12(6)8;1-6-5-13-8-4-3-7(10-2)9(12)11(6)8;1-7(2)11-6-4-5-8(10-3)9(11)12/h4-10,16H,3,11H2,1-2H3;8,11H,3-7H2,1-2H3;6-7,11H,3-5H2,1-2H3;7-9,11H,3-6H2,1-2H3;5-6,10H,3-4H2,1-2H3;6-8,10H,3-5H2,1-2H3;4-7,10H,1-3H3/t;8-;7-;7-,8?,9?;6-;6-,7+,8?;/m.11111./s1. The molecule has 6 saturated heterocycles. The van der Waals surface area contributed by atoms with E-state index in [1.54, 1.807) is 79.0 Å². The van der Waals surface area contributed by atoms with Gasteiger partial charge in [0.25, 0.3) is 22.2 Å². The summed E-state index contributed by atoms with van der Waals surface area (Å²) in [6.45, 7) is 18.2. The summed E-state index contributed by atoms with van der Waals surface area (Å²) in [5, 5.41) is 23.3. The van der Waals surface area contributed by atoms with Gasteiger partial charge in [0.05, 0.1) is 41.3 Å². The molecule has 5 amide bonds. The molecule has 0 radical (unpaired) electrons. The second-order valence-electron chi connectivity index (χ2n) is 26.5. The number of hydrogen-bond acceptors (Lipinski definition) is 19. The van der Waals surface area contributed by atoms with E-state index in [2.05, 4.69) is 96.9 Å². The van der Waals surface area contributed by atoms with Gasteiger partial charge in [0.2, 0.25) is 17.7 Å². The Bertz CT molecular complexity index is 3760. The van der Waals surface area contributed by atoms with E-state index in [1.807, 2.05) is 111 Å². The third-order valence-electron chi connectivity index (χ3n) is 19.5. The number of hydrogen-bond donors (Lipinski definition) is 7. The molecule has 13 rings (SSSR count). The summed E-state index contributed by atoms with van der Waals surface area (Å²) in [7, 11) is 12.5. The summed E-state index contributed by atoms with van der Waals surface area (Å²) >= 11 is 3.87. The van der Waals surface area contributed by atoms with Crippen molar-refractivity contribution in [2.45, 2.75) is 211 Å². The summed E-state index contributed by atoms with van der Waals surface area (Å²) in [6.07, 6.45) is 18.7. The van der Waals surface area contributed by atoms with Crippen LogP contribution in [0, 0.1) is 0 Å². The van der Waals surface area contributed by atoms with Crippen molar-refractivity contribution >= 4 is 70.0 Å². The van der Waals surface area contributed by atoms with Crippen LogP contribution >= 0.6 is 23.5 Å². The van der Waals surface area contributed by atoms with Gasteiger partial charge in [0.15, 0.2) is 0 Å². The van der Waals surface area contributed by atoms with Gasteiger partial charge in [0.1, 0.15) is 34.4 Å². The Hall–Kier alpha value is -7.66. The zero-order valence-electron chi connectivity index (χ0n) is 61.6. The molecule has 7 N–H and O–H groups in total. The lowest BCUT2D eigenvalue weighted by Gasteiger charge is -2.42. The van der Waals surface area contributed by atoms with Crippen LogP contribution in [-0.2, 0) is 40.2 Å². The third-order valence-corrected chi connectivity index (χ3v) is 22.6. The number of carbonyl (C=O) groups is 4. The van der Waals surface area contributed by atoms with Gasteiger partial charge in [-0.1, -0.05) is 30.3 Å². The molecule has 8 aliphatic rings. The lowest BCUT2D eigenvalue weighted by molar-refractivity contribution is -0.149. The molecule has 0 saturated carbocycles. The van der Waals surface area contributed by atoms with Crippen LogP contribution in [0.5, 0.6) is 0 Å². The smallest absolute Gasteiger partial charge is 0.353 e. The minimum absolute atomic E-state index is 0.0370. The fourth-order valence-corrected chi connectivity index (χ4v) is 16.7. The Morgan fingerprint density at radius 1 is 0.520 bits per heavy atom. The zero-order valence-corrected chi connectivity index (χ0v) is 63.3. The molecule has 1 aromatic carbocycles. The minimum Gasteiger partial charge on any atom is -0.384 e. The number of amides is 5. The highest BCUT2D eigenvalue weighted by molar-refractivity contribution is 8.00. The molecule has 100 heavy (non-hydrogen) atoms. The maximum atomic E-state index is 12.2. The lowest BCUT2D eigenvalue weighted by atomic mass is 10.0. The van der Waals surface area contributed by atoms with E-state index in [1.165, 1.54) is 17.0 Å². The second kappa shape index (κ2) is 38.4. The topological polar surface area (TPSA) is 282 Å². The maximum Gasteiger partial charge on any atom is 0.353 e. The SMILES string of the molecule is CCn1c(Cc2ccccc2)ccc(NC)c1=O.CNC1CCCC2SC[C@@H](C)N2C1=O.CNN1CCC(=O)N2CCC[C@@H](C)N2C1=O.CN[C@H]1CCC2SC[C@@H](C)N2C1=O.CNc1cccn(C(C)C)c1=O.CNc1cnc2n(c1=O)[C@H](C)CC2.CNc1cnc2n(c1=O)[C@H](C)CCC2.